The highest BCUT2D eigenvalue weighted by atomic mass is 19.1. The van der Waals surface area contributed by atoms with Gasteiger partial charge in [-0.15, -0.1) is 0 Å². The molecule has 0 saturated carbocycles. The van der Waals surface area contributed by atoms with E-state index in [4.69, 9.17) is 0 Å². The number of hydrogen-bond donors (Lipinski definition) is 1. The van der Waals surface area contributed by atoms with Crippen LogP contribution in [0.2, 0.25) is 0 Å². The van der Waals surface area contributed by atoms with E-state index in [1.807, 2.05) is 32.3 Å². The smallest absolute Gasteiger partial charge is 0.132 e. The summed E-state index contributed by atoms with van der Waals surface area (Å²) >= 11 is 0. The summed E-state index contributed by atoms with van der Waals surface area (Å²) in [6, 6.07) is 8.64. The number of aromatic nitrogens is 5. The largest absolute Gasteiger partial charge is 0.337 e. The second kappa shape index (κ2) is 6.01. The first-order valence-corrected chi connectivity index (χ1v) is 7.92. The second-order valence-corrected chi connectivity index (χ2v) is 5.95. The van der Waals surface area contributed by atoms with Crippen molar-refractivity contribution in [3.8, 4) is 0 Å². The standard InChI is InChI=1S/C18H17FN6/c1-12-16(11-24(2)23-12)22-18-7-17-14(8-20-18)9-21-25(17)10-13-5-3-4-6-15(13)19/h3-9,11H,10H2,1-2H3,(H,20,22). The number of rotatable bonds is 4. The van der Waals surface area contributed by atoms with E-state index in [2.05, 4.69) is 20.5 Å². The molecule has 4 aromatic rings. The van der Waals surface area contributed by atoms with Gasteiger partial charge in [-0.2, -0.15) is 10.2 Å². The Hall–Kier alpha value is -3.22. The Morgan fingerprint density at radius 3 is 2.80 bits per heavy atom. The average Bonchev–Trinajstić information content (AvgIpc) is 3.12. The summed E-state index contributed by atoms with van der Waals surface area (Å²) in [5.74, 6) is 0.462. The first-order valence-electron chi connectivity index (χ1n) is 7.92. The molecule has 3 heterocycles. The van der Waals surface area contributed by atoms with Crippen molar-refractivity contribution in [1.82, 2.24) is 24.5 Å². The number of aryl methyl sites for hydroxylation is 2. The van der Waals surface area contributed by atoms with Crippen LogP contribution in [0.1, 0.15) is 11.3 Å². The van der Waals surface area contributed by atoms with Crippen molar-refractivity contribution >= 4 is 22.4 Å². The van der Waals surface area contributed by atoms with E-state index < -0.39 is 0 Å². The van der Waals surface area contributed by atoms with Crippen LogP contribution in [0.3, 0.4) is 0 Å². The molecular weight excluding hydrogens is 319 g/mol. The van der Waals surface area contributed by atoms with Crippen LogP contribution in [0.25, 0.3) is 10.9 Å². The van der Waals surface area contributed by atoms with Crippen LogP contribution in [0.4, 0.5) is 15.9 Å². The zero-order valence-electron chi connectivity index (χ0n) is 13.9. The molecule has 0 aliphatic carbocycles. The van der Waals surface area contributed by atoms with Crippen molar-refractivity contribution in [3.63, 3.8) is 0 Å². The fourth-order valence-electron chi connectivity index (χ4n) is 2.82. The second-order valence-electron chi connectivity index (χ2n) is 5.95. The minimum Gasteiger partial charge on any atom is -0.337 e. The molecule has 0 unspecified atom stereocenters. The monoisotopic (exact) mass is 336 g/mol. The fourth-order valence-corrected chi connectivity index (χ4v) is 2.82. The maximum absolute atomic E-state index is 13.9. The lowest BCUT2D eigenvalue weighted by atomic mass is 10.2. The van der Waals surface area contributed by atoms with Crippen molar-refractivity contribution < 1.29 is 4.39 Å². The van der Waals surface area contributed by atoms with Gasteiger partial charge in [0, 0.05) is 36.5 Å². The van der Waals surface area contributed by atoms with Gasteiger partial charge in [0.25, 0.3) is 0 Å². The molecular formula is C18H17FN6. The molecule has 0 radical (unpaired) electrons. The van der Waals surface area contributed by atoms with Gasteiger partial charge in [-0.1, -0.05) is 18.2 Å². The third-order valence-corrected chi connectivity index (χ3v) is 4.08. The van der Waals surface area contributed by atoms with E-state index in [1.54, 1.807) is 33.9 Å². The molecule has 6 nitrogen and oxygen atoms in total. The zero-order valence-corrected chi connectivity index (χ0v) is 13.9. The molecule has 0 saturated heterocycles. The highest BCUT2D eigenvalue weighted by molar-refractivity contribution is 5.81. The molecule has 7 heteroatoms. The van der Waals surface area contributed by atoms with E-state index >= 15 is 0 Å². The predicted octanol–water partition coefficient (Wildman–Crippen LogP) is 3.40. The van der Waals surface area contributed by atoms with Gasteiger partial charge in [-0.05, 0) is 13.0 Å². The Balaban J connectivity index is 1.68. The summed E-state index contributed by atoms with van der Waals surface area (Å²) < 4.78 is 17.4. The number of pyridine rings is 1. The first kappa shape index (κ1) is 15.3. The number of fused-ring (bicyclic) bond motifs is 1. The molecule has 0 fully saturated rings. The van der Waals surface area contributed by atoms with Crippen LogP contribution < -0.4 is 5.32 Å². The van der Waals surface area contributed by atoms with Gasteiger partial charge in [-0.25, -0.2) is 9.37 Å². The highest BCUT2D eigenvalue weighted by Gasteiger charge is 2.09. The van der Waals surface area contributed by atoms with E-state index in [0.717, 1.165) is 22.3 Å². The molecule has 0 aliphatic rings. The normalized spacial score (nSPS) is 11.2. The number of hydrogen-bond acceptors (Lipinski definition) is 4. The molecule has 0 aliphatic heterocycles. The van der Waals surface area contributed by atoms with Gasteiger partial charge >= 0.3 is 0 Å². The summed E-state index contributed by atoms with van der Waals surface area (Å²) in [7, 11) is 1.87. The summed E-state index contributed by atoms with van der Waals surface area (Å²) in [4.78, 5) is 4.41. The van der Waals surface area contributed by atoms with Gasteiger partial charge < -0.3 is 5.32 Å². The van der Waals surface area contributed by atoms with E-state index in [1.165, 1.54) is 6.07 Å². The number of nitrogens with zero attached hydrogens (tertiary/aromatic N) is 5. The molecule has 1 aromatic carbocycles. The minimum atomic E-state index is -0.232. The third-order valence-electron chi connectivity index (χ3n) is 4.08. The van der Waals surface area contributed by atoms with E-state index in [-0.39, 0.29) is 5.82 Å². The summed E-state index contributed by atoms with van der Waals surface area (Å²) in [6.07, 6.45) is 5.40. The molecule has 0 spiro atoms. The number of nitrogens with one attached hydrogen (secondary N) is 1. The first-order chi connectivity index (χ1) is 12.1. The molecule has 4 rings (SSSR count). The summed E-state index contributed by atoms with van der Waals surface area (Å²) in [5.41, 5.74) is 3.28. The van der Waals surface area contributed by atoms with Crippen LogP contribution in [0, 0.1) is 12.7 Å². The maximum atomic E-state index is 13.9. The lowest BCUT2D eigenvalue weighted by Crippen LogP contribution is -2.04. The highest BCUT2D eigenvalue weighted by Crippen LogP contribution is 2.22. The average molecular weight is 336 g/mol. The van der Waals surface area contributed by atoms with Gasteiger partial charge in [0.05, 0.1) is 29.6 Å². The SMILES string of the molecule is Cc1nn(C)cc1Nc1cc2c(cn1)cnn2Cc1ccccc1F. The lowest BCUT2D eigenvalue weighted by Gasteiger charge is -2.07. The Morgan fingerprint density at radius 1 is 1.20 bits per heavy atom. The number of anilines is 2. The van der Waals surface area contributed by atoms with Gasteiger partial charge in [-0.3, -0.25) is 9.36 Å². The van der Waals surface area contributed by atoms with Gasteiger partial charge in [0.2, 0.25) is 0 Å². The Labute approximate surface area is 143 Å². The molecule has 3 aromatic heterocycles. The van der Waals surface area contributed by atoms with Crippen LogP contribution in [-0.2, 0) is 13.6 Å². The minimum absolute atomic E-state index is 0.232. The molecule has 0 amide bonds. The predicted molar refractivity (Wildman–Crippen MR) is 94.3 cm³/mol. The van der Waals surface area contributed by atoms with Crippen LogP contribution in [0.5, 0.6) is 0 Å². The Kier molecular flexibility index (Phi) is 3.68. The van der Waals surface area contributed by atoms with Crippen molar-refractivity contribution in [3.05, 3.63) is 66.0 Å². The van der Waals surface area contributed by atoms with Crippen molar-refractivity contribution in [2.75, 3.05) is 5.32 Å². The van der Waals surface area contributed by atoms with Crippen LogP contribution in [-0.4, -0.2) is 24.5 Å². The molecule has 0 bridgehead atoms. The molecule has 25 heavy (non-hydrogen) atoms. The maximum Gasteiger partial charge on any atom is 0.132 e. The van der Waals surface area contributed by atoms with Crippen LogP contribution >= 0.6 is 0 Å². The van der Waals surface area contributed by atoms with E-state index in [9.17, 15) is 4.39 Å². The number of benzene rings is 1. The Morgan fingerprint density at radius 2 is 2.04 bits per heavy atom. The van der Waals surface area contributed by atoms with Gasteiger partial charge in [0.15, 0.2) is 0 Å². The van der Waals surface area contributed by atoms with Crippen LogP contribution in [0.15, 0.2) is 48.9 Å². The van der Waals surface area contributed by atoms with Crippen molar-refractivity contribution in [2.24, 2.45) is 7.05 Å². The lowest BCUT2D eigenvalue weighted by molar-refractivity contribution is 0.590. The molecule has 0 atom stereocenters. The molecule has 126 valence electrons. The quantitative estimate of drug-likeness (QED) is 0.620. The van der Waals surface area contributed by atoms with E-state index in [0.29, 0.717) is 17.9 Å². The molecule has 1 N–H and O–H groups in total. The van der Waals surface area contributed by atoms with Crippen molar-refractivity contribution in [1.29, 1.82) is 0 Å². The zero-order chi connectivity index (χ0) is 17.4. The summed E-state index contributed by atoms with van der Waals surface area (Å²) in [5, 5.41) is 12.9. The number of halogens is 1. The fraction of sp³-hybridized carbons (Fsp3) is 0.167. The Bertz CT molecular complexity index is 1050. The third kappa shape index (κ3) is 2.96. The summed E-state index contributed by atoms with van der Waals surface area (Å²) in [6.45, 7) is 2.30. The van der Waals surface area contributed by atoms with Crippen molar-refractivity contribution in [2.45, 2.75) is 13.5 Å². The topological polar surface area (TPSA) is 60.6 Å². The van der Waals surface area contributed by atoms with Gasteiger partial charge in [0.1, 0.15) is 11.6 Å².